The van der Waals surface area contributed by atoms with Crippen LogP contribution in [-0.2, 0) is 0 Å². The van der Waals surface area contributed by atoms with E-state index < -0.39 is 0 Å². The van der Waals surface area contributed by atoms with Gasteiger partial charge in [0.25, 0.3) is 0 Å². The largest absolute Gasteiger partial charge is 3.00 e. The molecule has 0 aliphatic carbocycles. The second kappa shape index (κ2) is 89.7. The summed E-state index contributed by atoms with van der Waals surface area (Å²) in [4.78, 5) is 0. The van der Waals surface area contributed by atoms with Crippen molar-refractivity contribution in [2.24, 2.45) is 0 Å². The summed E-state index contributed by atoms with van der Waals surface area (Å²) in [5.74, 6) is 0. The van der Waals surface area contributed by atoms with Crippen LogP contribution in [0.15, 0.2) is 0 Å². The first-order chi connectivity index (χ1) is 0. The summed E-state index contributed by atoms with van der Waals surface area (Å²) in [6.45, 7) is 0. The minimum absolute atomic E-state index is 0. The number of rotatable bonds is 0. The van der Waals surface area contributed by atoms with Gasteiger partial charge in [0.1, 0.15) is 0 Å². The molecule has 0 aromatic carbocycles. The molecular formula is Al10+30. The maximum absolute atomic E-state index is 0. The molecule has 0 nitrogen and oxygen atoms in total. The van der Waals surface area contributed by atoms with Gasteiger partial charge in [-0.05, 0) is 0 Å². The molecule has 0 unspecified atom stereocenters. The van der Waals surface area contributed by atoms with Gasteiger partial charge in [-0.3, -0.25) is 0 Å². The van der Waals surface area contributed by atoms with Crippen molar-refractivity contribution in [2.75, 3.05) is 0 Å². The van der Waals surface area contributed by atoms with Gasteiger partial charge in [0.05, 0.1) is 0 Å². The molecule has 0 amide bonds. The molecule has 10 heteroatoms. The maximum atomic E-state index is 0. The molecule has 0 radical (unpaired) electrons. The Hall–Kier alpha value is 5.32. The van der Waals surface area contributed by atoms with Crippen molar-refractivity contribution in [3.8, 4) is 0 Å². The molecule has 0 aromatic rings. The Morgan fingerprint density at radius 2 is 0.100 bits per heavy atom. The Morgan fingerprint density at radius 1 is 0.100 bits per heavy atom. The first-order valence-corrected chi connectivity index (χ1v) is 0. The fraction of sp³-hybridized carbons (Fsp3) is 0. The fourth-order valence-electron chi connectivity index (χ4n) is 0. The molecule has 0 bridgehead atoms. The van der Waals surface area contributed by atoms with Crippen LogP contribution in [0.4, 0.5) is 0 Å². The van der Waals surface area contributed by atoms with E-state index in [0.29, 0.717) is 0 Å². The van der Waals surface area contributed by atoms with E-state index in [-0.39, 0.29) is 174 Å². The van der Waals surface area contributed by atoms with Crippen molar-refractivity contribution in [1.82, 2.24) is 0 Å². The van der Waals surface area contributed by atoms with Crippen molar-refractivity contribution in [1.29, 1.82) is 0 Å². The van der Waals surface area contributed by atoms with Crippen molar-refractivity contribution in [2.45, 2.75) is 0 Å². The third kappa shape index (κ3) is 71.4. The quantitative estimate of drug-likeness (QED) is 0.396. The van der Waals surface area contributed by atoms with Crippen LogP contribution in [0.25, 0.3) is 0 Å². The molecule has 0 fully saturated rings. The summed E-state index contributed by atoms with van der Waals surface area (Å²) in [5, 5.41) is 0. The van der Waals surface area contributed by atoms with E-state index in [0.717, 1.165) is 0 Å². The molecule has 10 heavy (non-hydrogen) atoms. The SMILES string of the molecule is [Al+3].[Al+3].[Al+3].[Al+3].[Al+3].[Al+3].[Al+3].[Al+3].[Al+3].[Al+3]. The van der Waals surface area contributed by atoms with Crippen LogP contribution in [0.5, 0.6) is 0 Å². The molecule has 0 valence electrons. The Morgan fingerprint density at radius 3 is 0.100 bits per heavy atom. The second-order valence-electron chi connectivity index (χ2n) is 0. The molecule has 0 aliphatic heterocycles. The molecule has 0 rings (SSSR count). The molecule has 0 saturated carbocycles. The molecular weight excluding hydrogens is 270 g/mol. The van der Waals surface area contributed by atoms with Crippen molar-refractivity contribution in [3.63, 3.8) is 0 Å². The monoisotopic (exact) mass is 270 g/mol. The minimum Gasteiger partial charge on any atom is 3.00 e. The summed E-state index contributed by atoms with van der Waals surface area (Å²) in [6, 6.07) is 0. The Bertz CT molecular complexity index is 0. The van der Waals surface area contributed by atoms with Crippen LogP contribution >= 0.6 is 0 Å². The van der Waals surface area contributed by atoms with Crippen molar-refractivity contribution < 1.29 is 0 Å². The zero-order chi connectivity index (χ0) is 0. The first kappa shape index (κ1) is 111. The predicted octanol–water partition coefficient (Wildman–Crippen LogP) is -3.81. The number of hydrogen-bond acceptors (Lipinski definition) is 0. The number of hydrogen-bond donors (Lipinski definition) is 0. The third-order valence-corrected chi connectivity index (χ3v) is 0. The zero-order valence-corrected chi connectivity index (χ0v) is 17.3. The van der Waals surface area contributed by atoms with Gasteiger partial charge in [-0.2, -0.15) is 0 Å². The van der Waals surface area contributed by atoms with Gasteiger partial charge in [-0.1, -0.05) is 0 Å². The van der Waals surface area contributed by atoms with E-state index in [1.807, 2.05) is 0 Å². The summed E-state index contributed by atoms with van der Waals surface area (Å²) < 4.78 is 0. The molecule has 0 saturated heterocycles. The Labute approximate surface area is 170 Å². The third-order valence-electron chi connectivity index (χ3n) is 0. The van der Waals surface area contributed by atoms with Gasteiger partial charge in [0, 0.05) is 0 Å². The van der Waals surface area contributed by atoms with Crippen LogP contribution in [-0.4, -0.2) is 174 Å². The maximum Gasteiger partial charge on any atom is 3.00 e. The summed E-state index contributed by atoms with van der Waals surface area (Å²) in [6.07, 6.45) is 0. The van der Waals surface area contributed by atoms with Crippen LogP contribution in [0.3, 0.4) is 0 Å². The van der Waals surface area contributed by atoms with E-state index >= 15 is 0 Å². The van der Waals surface area contributed by atoms with Gasteiger partial charge >= 0.3 is 174 Å². The molecule has 0 aromatic heterocycles. The molecule has 0 spiro atoms. The predicted molar refractivity (Wildman–Crippen MR) is 57.5 cm³/mol. The average Bonchev–Trinajstić information content (AvgIpc) is 0. The zero-order valence-electron chi connectivity index (χ0n) is 5.77. The smallest absolute Gasteiger partial charge is 3.00 e. The molecule has 0 N–H and O–H groups in total. The van der Waals surface area contributed by atoms with Gasteiger partial charge in [-0.25, -0.2) is 0 Å². The normalized spacial score (nSPS) is 0. The fourth-order valence-corrected chi connectivity index (χ4v) is 0. The molecule has 0 heterocycles. The first-order valence-electron chi connectivity index (χ1n) is 0. The Kier molecular flexibility index (Phi) is 995. The van der Waals surface area contributed by atoms with E-state index in [9.17, 15) is 0 Å². The van der Waals surface area contributed by atoms with E-state index in [1.165, 1.54) is 0 Å². The second-order valence-corrected chi connectivity index (χ2v) is 0. The van der Waals surface area contributed by atoms with Gasteiger partial charge in [0.2, 0.25) is 0 Å². The van der Waals surface area contributed by atoms with E-state index in [2.05, 4.69) is 0 Å². The average molecular weight is 270 g/mol. The van der Waals surface area contributed by atoms with Crippen molar-refractivity contribution in [3.05, 3.63) is 0 Å². The van der Waals surface area contributed by atoms with Gasteiger partial charge < -0.3 is 0 Å². The molecule has 0 atom stereocenters. The van der Waals surface area contributed by atoms with Crippen LogP contribution in [0, 0.1) is 0 Å². The minimum atomic E-state index is 0. The van der Waals surface area contributed by atoms with Crippen LogP contribution < -0.4 is 0 Å². The van der Waals surface area contributed by atoms with Crippen LogP contribution in [0.2, 0.25) is 0 Å². The summed E-state index contributed by atoms with van der Waals surface area (Å²) in [7, 11) is 0. The van der Waals surface area contributed by atoms with Crippen LogP contribution in [0.1, 0.15) is 0 Å². The summed E-state index contributed by atoms with van der Waals surface area (Å²) in [5.41, 5.74) is 0. The van der Waals surface area contributed by atoms with E-state index in [1.54, 1.807) is 0 Å². The van der Waals surface area contributed by atoms with E-state index in [4.69, 9.17) is 0 Å². The van der Waals surface area contributed by atoms with Crippen molar-refractivity contribution >= 4 is 174 Å². The molecule has 0 aliphatic rings. The van der Waals surface area contributed by atoms with Gasteiger partial charge in [0.15, 0.2) is 0 Å². The topological polar surface area (TPSA) is 0 Å². The summed E-state index contributed by atoms with van der Waals surface area (Å²) >= 11 is 0. The van der Waals surface area contributed by atoms with Gasteiger partial charge in [-0.15, -0.1) is 0 Å². The Balaban J connectivity index is 0. The standard InChI is InChI=1S/10Al/q10*+3.